The van der Waals surface area contributed by atoms with Gasteiger partial charge in [0.2, 0.25) is 5.91 Å². The molecule has 0 saturated heterocycles. The second-order valence-electron chi connectivity index (χ2n) is 5.03. The first-order chi connectivity index (χ1) is 9.93. The van der Waals surface area contributed by atoms with Gasteiger partial charge in [0, 0.05) is 15.8 Å². The van der Waals surface area contributed by atoms with Crippen LogP contribution in [0, 0.1) is 5.92 Å². The van der Waals surface area contributed by atoms with E-state index in [0.29, 0.717) is 16.2 Å². The predicted octanol–water partition coefficient (Wildman–Crippen LogP) is 4.61. The number of rotatable bonds is 4. The molecule has 0 spiro atoms. The monoisotopic (exact) mass is 369 g/mol. The van der Waals surface area contributed by atoms with Crippen molar-refractivity contribution in [1.29, 1.82) is 0 Å². The van der Waals surface area contributed by atoms with Gasteiger partial charge < -0.3 is 11.1 Å². The highest BCUT2D eigenvalue weighted by molar-refractivity contribution is 9.10. The molecule has 0 bridgehead atoms. The Hall–Kier alpha value is -1.33. The summed E-state index contributed by atoms with van der Waals surface area (Å²) in [5, 5.41) is 3.98. The number of nitrogens with zero attached hydrogens (tertiary/aromatic N) is 1. The van der Waals surface area contributed by atoms with E-state index in [2.05, 4.69) is 26.2 Å². The third-order valence-corrected chi connectivity index (χ3v) is 4.22. The summed E-state index contributed by atoms with van der Waals surface area (Å²) < 4.78 is 0.895. The highest BCUT2D eigenvalue weighted by Gasteiger charge is 2.18. The van der Waals surface area contributed by atoms with E-state index < -0.39 is 0 Å². The van der Waals surface area contributed by atoms with Crippen LogP contribution in [0.15, 0.2) is 22.7 Å². The molecule has 0 fully saturated rings. The molecule has 1 aromatic heterocycles. The Morgan fingerprint density at radius 3 is 2.90 bits per heavy atom. The maximum atomic E-state index is 12.1. The molecular formula is C15H17BrClN3O. The molecule has 1 amide bonds. The molecule has 2 aromatic rings. The van der Waals surface area contributed by atoms with Crippen molar-refractivity contribution >= 4 is 55.8 Å². The van der Waals surface area contributed by atoms with Gasteiger partial charge in [-0.1, -0.05) is 53.9 Å². The number of nitrogens with one attached hydrogen (secondary N) is 1. The molecule has 0 radical (unpaired) electrons. The van der Waals surface area contributed by atoms with Crippen LogP contribution < -0.4 is 11.1 Å². The lowest BCUT2D eigenvalue weighted by molar-refractivity contribution is -0.119. The van der Waals surface area contributed by atoms with Crippen molar-refractivity contribution in [2.45, 2.75) is 26.7 Å². The van der Waals surface area contributed by atoms with Gasteiger partial charge in [-0.15, -0.1) is 0 Å². The molecule has 0 aliphatic carbocycles. The Labute approximate surface area is 137 Å². The van der Waals surface area contributed by atoms with Crippen molar-refractivity contribution in [3.05, 3.63) is 27.7 Å². The standard InChI is InChI=1S/C15H17BrClN3O/c1-3-4-8(2)15(21)20-13-12(17)10-6-5-9(16)7-11(10)19-14(13)18/h5-8H,3-4H2,1-2H3,(H2,18,19)(H,20,21). The van der Waals surface area contributed by atoms with Crippen LogP contribution in [0.25, 0.3) is 10.9 Å². The Morgan fingerprint density at radius 2 is 2.24 bits per heavy atom. The highest BCUT2D eigenvalue weighted by Crippen LogP contribution is 2.35. The van der Waals surface area contributed by atoms with Crippen LogP contribution in [-0.2, 0) is 4.79 Å². The summed E-state index contributed by atoms with van der Waals surface area (Å²) in [6, 6.07) is 5.56. The summed E-state index contributed by atoms with van der Waals surface area (Å²) in [5.74, 6) is 0.0393. The van der Waals surface area contributed by atoms with Crippen LogP contribution in [0.3, 0.4) is 0 Å². The number of carbonyl (C=O) groups is 1. The van der Waals surface area contributed by atoms with Crippen LogP contribution in [-0.4, -0.2) is 10.9 Å². The molecule has 112 valence electrons. The van der Waals surface area contributed by atoms with Crippen molar-refractivity contribution in [1.82, 2.24) is 4.98 Å². The molecule has 1 heterocycles. The zero-order chi connectivity index (χ0) is 15.6. The Morgan fingerprint density at radius 1 is 1.52 bits per heavy atom. The summed E-state index contributed by atoms with van der Waals surface area (Å²) in [6.45, 7) is 3.93. The number of hydrogen-bond donors (Lipinski definition) is 2. The number of aromatic nitrogens is 1. The Bertz CT molecular complexity index is 690. The molecule has 1 atom stereocenters. The van der Waals surface area contributed by atoms with Gasteiger partial charge in [-0.2, -0.15) is 0 Å². The second-order valence-corrected chi connectivity index (χ2v) is 6.32. The molecule has 21 heavy (non-hydrogen) atoms. The fourth-order valence-electron chi connectivity index (χ4n) is 2.15. The van der Waals surface area contributed by atoms with Gasteiger partial charge in [-0.3, -0.25) is 4.79 Å². The molecule has 0 aliphatic rings. The van der Waals surface area contributed by atoms with Gasteiger partial charge in [0.05, 0.1) is 10.5 Å². The maximum absolute atomic E-state index is 12.1. The van der Waals surface area contributed by atoms with E-state index in [1.165, 1.54) is 0 Å². The van der Waals surface area contributed by atoms with Crippen molar-refractivity contribution in [3.63, 3.8) is 0 Å². The number of halogens is 2. The number of benzene rings is 1. The molecule has 0 aliphatic heterocycles. The molecule has 0 saturated carbocycles. The first-order valence-corrected chi connectivity index (χ1v) is 7.96. The topological polar surface area (TPSA) is 68.0 Å². The zero-order valence-corrected chi connectivity index (χ0v) is 14.3. The molecule has 1 unspecified atom stereocenters. The Kier molecular flexibility index (Phi) is 5.06. The first kappa shape index (κ1) is 16.0. The van der Waals surface area contributed by atoms with Gasteiger partial charge in [-0.25, -0.2) is 4.98 Å². The lowest BCUT2D eigenvalue weighted by Crippen LogP contribution is -2.21. The number of anilines is 2. The van der Waals surface area contributed by atoms with Gasteiger partial charge in [0.15, 0.2) is 0 Å². The molecule has 3 N–H and O–H groups in total. The normalized spacial score (nSPS) is 12.4. The van der Waals surface area contributed by atoms with E-state index in [4.69, 9.17) is 17.3 Å². The van der Waals surface area contributed by atoms with E-state index >= 15 is 0 Å². The number of fused-ring (bicyclic) bond motifs is 1. The maximum Gasteiger partial charge on any atom is 0.227 e. The average molecular weight is 371 g/mol. The molecule has 6 heteroatoms. The third kappa shape index (κ3) is 3.47. The quantitative estimate of drug-likeness (QED) is 0.826. The fraction of sp³-hybridized carbons (Fsp3) is 0.333. The van der Waals surface area contributed by atoms with Crippen molar-refractivity contribution in [2.75, 3.05) is 11.1 Å². The third-order valence-electron chi connectivity index (χ3n) is 3.33. The van der Waals surface area contributed by atoms with Gasteiger partial charge >= 0.3 is 0 Å². The summed E-state index contributed by atoms with van der Waals surface area (Å²) in [7, 11) is 0. The average Bonchev–Trinajstić information content (AvgIpc) is 2.43. The first-order valence-electron chi connectivity index (χ1n) is 6.79. The lowest BCUT2D eigenvalue weighted by atomic mass is 10.1. The van der Waals surface area contributed by atoms with Crippen LogP contribution in [0.4, 0.5) is 11.5 Å². The smallest absolute Gasteiger partial charge is 0.227 e. The van der Waals surface area contributed by atoms with E-state index in [1.54, 1.807) is 0 Å². The molecule has 1 aromatic carbocycles. The minimum absolute atomic E-state index is 0.0916. The minimum Gasteiger partial charge on any atom is -0.382 e. The number of carbonyl (C=O) groups excluding carboxylic acids is 1. The second kappa shape index (κ2) is 6.62. The van der Waals surface area contributed by atoms with Gasteiger partial charge in [0.1, 0.15) is 11.5 Å². The lowest BCUT2D eigenvalue weighted by Gasteiger charge is -2.15. The number of nitrogens with two attached hydrogens (primary N) is 1. The SMILES string of the molecule is CCCC(C)C(=O)Nc1c(N)nc2cc(Br)ccc2c1Cl. The van der Waals surface area contributed by atoms with Crippen molar-refractivity contribution in [2.24, 2.45) is 5.92 Å². The predicted molar refractivity (Wildman–Crippen MR) is 91.6 cm³/mol. The highest BCUT2D eigenvalue weighted by atomic mass is 79.9. The number of hydrogen-bond acceptors (Lipinski definition) is 3. The van der Waals surface area contributed by atoms with Crippen LogP contribution in [0.5, 0.6) is 0 Å². The fourth-order valence-corrected chi connectivity index (χ4v) is 2.80. The summed E-state index contributed by atoms with van der Waals surface area (Å²) >= 11 is 9.76. The van der Waals surface area contributed by atoms with Crippen molar-refractivity contribution < 1.29 is 4.79 Å². The largest absolute Gasteiger partial charge is 0.382 e. The van der Waals surface area contributed by atoms with Gasteiger partial charge in [0.25, 0.3) is 0 Å². The van der Waals surface area contributed by atoms with E-state index in [9.17, 15) is 4.79 Å². The number of pyridine rings is 1. The number of nitrogen functional groups attached to an aromatic ring is 1. The van der Waals surface area contributed by atoms with E-state index in [1.807, 2.05) is 32.0 Å². The van der Waals surface area contributed by atoms with Gasteiger partial charge in [-0.05, 0) is 18.6 Å². The number of amides is 1. The van der Waals surface area contributed by atoms with Crippen LogP contribution in [0.1, 0.15) is 26.7 Å². The molecule has 4 nitrogen and oxygen atoms in total. The summed E-state index contributed by atoms with van der Waals surface area (Å²) in [5.41, 5.74) is 7.01. The Balaban J connectivity index is 2.40. The summed E-state index contributed by atoms with van der Waals surface area (Å²) in [4.78, 5) is 16.4. The van der Waals surface area contributed by atoms with E-state index in [-0.39, 0.29) is 17.6 Å². The molecule has 2 rings (SSSR count). The van der Waals surface area contributed by atoms with Crippen LogP contribution >= 0.6 is 27.5 Å². The van der Waals surface area contributed by atoms with E-state index in [0.717, 1.165) is 22.7 Å². The summed E-state index contributed by atoms with van der Waals surface area (Å²) in [6.07, 6.45) is 1.76. The molecular weight excluding hydrogens is 354 g/mol. The van der Waals surface area contributed by atoms with Crippen molar-refractivity contribution in [3.8, 4) is 0 Å². The van der Waals surface area contributed by atoms with Crippen LogP contribution in [0.2, 0.25) is 5.02 Å². The zero-order valence-electron chi connectivity index (χ0n) is 11.9. The minimum atomic E-state index is -0.0938.